The molecule has 9 heteroatoms. The second-order valence-corrected chi connectivity index (χ2v) is 10.1. The molecule has 0 spiro atoms. The average Bonchev–Trinajstić information content (AvgIpc) is 3.30. The van der Waals surface area contributed by atoms with Crippen molar-refractivity contribution in [3.63, 3.8) is 0 Å². The summed E-state index contributed by atoms with van der Waals surface area (Å²) in [5.41, 5.74) is 0.845. The lowest BCUT2D eigenvalue weighted by atomic mass is 10.0. The van der Waals surface area contributed by atoms with Crippen LogP contribution in [-0.4, -0.2) is 54.3 Å². The topological polar surface area (TPSA) is 87.7 Å². The van der Waals surface area contributed by atoms with Crippen molar-refractivity contribution in [2.75, 3.05) is 17.2 Å². The fourth-order valence-electron chi connectivity index (χ4n) is 4.15. The highest BCUT2D eigenvalue weighted by Crippen LogP contribution is 2.42. The van der Waals surface area contributed by atoms with Crippen LogP contribution in [0.1, 0.15) is 26.2 Å². The van der Waals surface area contributed by atoms with Crippen molar-refractivity contribution in [2.24, 2.45) is 5.92 Å². The molecule has 2 aliphatic rings. The highest BCUT2D eigenvalue weighted by Gasteiger charge is 2.55. The largest absolute Gasteiger partial charge is 0.303 e. The number of rotatable bonds is 6. The maximum absolute atomic E-state index is 13.0. The summed E-state index contributed by atoms with van der Waals surface area (Å²) in [5.74, 6) is -0.543. The zero-order valence-electron chi connectivity index (χ0n) is 14.9. The van der Waals surface area contributed by atoms with Gasteiger partial charge in [0.05, 0.1) is 34.0 Å². The summed E-state index contributed by atoms with van der Waals surface area (Å²) in [5, 5.41) is 0.640. The first kappa shape index (κ1) is 18.5. The van der Waals surface area contributed by atoms with Gasteiger partial charge in [0.1, 0.15) is 6.29 Å². The predicted octanol–water partition coefficient (Wildman–Crippen LogP) is 2.03. The number of benzene rings is 1. The van der Waals surface area contributed by atoms with E-state index in [0.717, 1.165) is 16.5 Å². The number of hydrogen-bond acceptors (Lipinski definition) is 6. The zero-order valence-corrected chi connectivity index (χ0v) is 16.6. The second-order valence-electron chi connectivity index (χ2n) is 7.04. The van der Waals surface area contributed by atoms with Crippen molar-refractivity contribution in [2.45, 2.75) is 38.3 Å². The Labute approximate surface area is 162 Å². The van der Waals surface area contributed by atoms with Crippen LogP contribution in [0, 0.1) is 5.92 Å². The first-order chi connectivity index (χ1) is 12.9. The van der Waals surface area contributed by atoms with Gasteiger partial charge in [0.25, 0.3) is 0 Å². The minimum Gasteiger partial charge on any atom is -0.303 e. The molecule has 4 rings (SSSR count). The first-order valence-electron chi connectivity index (χ1n) is 9.06. The molecule has 0 radical (unpaired) electrons. The first-order valence-corrected chi connectivity index (χ1v) is 11.5. The number of nitrogens with zero attached hydrogens (tertiary/aromatic N) is 3. The van der Waals surface area contributed by atoms with Gasteiger partial charge in [-0.3, -0.25) is 9.69 Å². The van der Waals surface area contributed by atoms with E-state index >= 15 is 0 Å². The van der Waals surface area contributed by atoms with Crippen molar-refractivity contribution < 1.29 is 18.0 Å². The van der Waals surface area contributed by atoms with Crippen LogP contribution >= 0.6 is 11.3 Å². The summed E-state index contributed by atoms with van der Waals surface area (Å²) in [4.78, 5) is 29.8. The van der Waals surface area contributed by atoms with Gasteiger partial charge in [0, 0.05) is 13.0 Å². The lowest BCUT2D eigenvalue weighted by molar-refractivity contribution is -0.120. The minimum atomic E-state index is -3.49. The third-order valence-electron chi connectivity index (χ3n) is 5.41. The molecule has 1 amide bonds. The molecule has 0 N–H and O–H groups in total. The highest BCUT2D eigenvalue weighted by molar-refractivity contribution is 7.89. The Balaban J connectivity index is 1.63. The Morgan fingerprint density at radius 2 is 2.11 bits per heavy atom. The molecule has 2 saturated heterocycles. The fraction of sp³-hybridized carbons (Fsp3) is 0.500. The lowest BCUT2D eigenvalue weighted by Gasteiger charge is -2.25. The third kappa shape index (κ3) is 3.07. The molecule has 2 fully saturated rings. The van der Waals surface area contributed by atoms with E-state index in [-0.39, 0.29) is 30.2 Å². The zero-order chi connectivity index (χ0) is 19.2. The normalized spacial score (nSPS) is 26.0. The van der Waals surface area contributed by atoms with Gasteiger partial charge in [-0.25, -0.2) is 13.4 Å². The highest BCUT2D eigenvalue weighted by atomic mass is 32.2. The molecule has 144 valence electrons. The van der Waals surface area contributed by atoms with Crippen molar-refractivity contribution in [1.29, 1.82) is 0 Å². The number of fused-ring (bicyclic) bond motifs is 2. The molecular weight excluding hydrogens is 386 g/mol. The van der Waals surface area contributed by atoms with Crippen molar-refractivity contribution >= 4 is 48.9 Å². The molecular formula is C18H21N3O4S2. The number of thiazole rings is 1. The molecule has 0 unspecified atom stereocenters. The van der Waals surface area contributed by atoms with Crippen LogP contribution in [0.4, 0.5) is 5.13 Å². The van der Waals surface area contributed by atoms with Gasteiger partial charge in [0.2, 0.25) is 15.9 Å². The summed E-state index contributed by atoms with van der Waals surface area (Å²) in [6, 6.07) is 7.17. The summed E-state index contributed by atoms with van der Waals surface area (Å²) in [6.07, 6.45) is 1.87. The molecule has 27 heavy (non-hydrogen) atoms. The fourth-order valence-corrected chi connectivity index (χ4v) is 7.03. The van der Waals surface area contributed by atoms with Crippen LogP contribution in [0.15, 0.2) is 24.3 Å². The van der Waals surface area contributed by atoms with E-state index in [1.54, 1.807) is 11.8 Å². The molecule has 2 aliphatic heterocycles. The molecule has 7 nitrogen and oxygen atoms in total. The van der Waals surface area contributed by atoms with Gasteiger partial charge >= 0.3 is 0 Å². The molecule has 0 aliphatic carbocycles. The molecule has 0 bridgehead atoms. The summed E-state index contributed by atoms with van der Waals surface area (Å²) < 4.78 is 28.0. The van der Waals surface area contributed by atoms with Crippen LogP contribution in [0.25, 0.3) is 10.2 Å². The Hall–Kier alpha value is -1.84. The van der Waals surface area contributed by atoms with Gasteiger partial charge < -0.3 is 4.79 Å². The van der Waals surface area contributed by atoms with Crippen LogP contribution < -0.4 is 4.90 Å². The number of hydrogen-bond donors (Lipinski definition) is 0. The number of carbonyl (C=O) groups excluding carboxylic acids is 2. The number of unbranched alkanes of at least 4 members (excludes halogenated alkanes) is 1. The number of anilines is 1. The SMILES string of the molecule is C[C@@H]1C(=O)N(c2nc3ccccc3s2)[C@H]2CCN(S(=O)(=O)CCCC=O)[C@H]12. The number of para-hydroxylation sites is 1. The predicted molar refractivity (Wildman–Crippen MR) is 104 cm³/mol. The van der Waals surface area contributed by atoms with E-state index in [1.165, 1.54) is 15.6 Å². The molecule has 1 aromatic carbocycles. The Kier molecular flexibility index (Phi) is 4.77. The minimum absolute atomic E-state index is 0.0585. The number of amides is 1. The molecule has 2 aromatic rings. The second kappa shape index (κ2) is 6.96. The Morgan fingerprint density at radius 3 is 2.85 bits per heavy atom. The van der Waals surface area contributed by atoms with Crippen LogP contribution in [0.2, 0.25) is 0 Å². The quantitative estimate of drug-likeness (QED) is 0.540. The smallest absolute Gasteiger partial charge is 0.233 e. The van der Waals surface area contributed by atoms with Crippen molar-refractivity contribution in [3.05, 3.63) is 24.3 Å². The van der Waals surface area contributed by atoms with Gasteiger partial charge in [-0.2, -0.15) is 4.31 Å². The molecule has 3 atom stereocenters. The summed E-state index contributed by atoms with van der Waals surface area (Å²) in [6.45, 7) is 2.20. The Bertz CT molecular complexity index is 954. The van der Waals surface area contributed by atoms with E-state index in [1.807, 2.05) is 24.3 Å². The summed E-state index contributed by atoms with van der Waals surface area (Å²) in [7, 11) is -3.49. The maximum Gasteiger partial charge on any atom is 0.233 e. The van der Waals surface area contributed by atoms with E-state index in [0.29, 0.717) is 24.5 Å². The Morgan fingerprint density at radius 1 is 1.33 bits per heavy atom. The lowest BCUT2D eigenvalue weighted by Crippen LogP contribution is -2.43. The number of sulfonamides is 1. The third-order valence-corrected chi connectivity index (χ3v) is 8.39. The maximum atomic E-state index is 13.0. The van der Waals surface area contributed by atoms with Crippen LogP contribution in [-0.2, 0) is 19.6 Å². The monoisotopic (exact) mass is 407 g/mol. The summed E-state index contributed by atoms with van der Waals surface area (Å²) >= 11 is 1.46. The molecule has 0 saturated carbocycles. The number of aldehydes is 1. The average molecular weight is 408 g/mol. The van der Waals surface area contributed by atoms with Crippen LogP contribution in [0.3, 0.4) is 0 Å². The van der Waals surface area contributed by atoms with E-state index in [9.17, 15) is 18.0 Å². The standard InChI is InChI=1S/C18H21N3O4S2/c1-12-16-14(8-9-20(16)27(24,25)11-5-4-10-22)21(17(12)23)18-19-13-6-2-3-7-15(13)26-18/h2-3,6-7,10,12,14,16H,4-5,8-9,11H2,1H3/t12-,14-,16+/m0/s1. The number of carbonyl (C=O) groups is 2. The van der Waals surface area contributed by atoms with Crippen molar-refractivity contribution in [1.82, 2.24) is 9.29 Å². The van der Waals surface area contributed by atoms with E-state index in [2.05, 4.69) is 4.98 Å². The van der Waals surface area contributed by atoms with E-state index in [4.69, 9.17) is 0 Å². The molecule has 1 aromatic heterocycles. The number of aromatic nitrogens is 1. The van der Waals surface area contributed by atoms with E-state index < -0.39 is 15.9 Å². The van der Waals surface area contributed by atoms with Gasteiger partial charge in [-0.15, -0.1) is 0 Å². The van der Waals surface area contributed by atoms with Gasteiger partial charge in [-0.05, 0) is 25.0 Å². The van der Waals surface area contributed by atoms with Gasteiger partial charge in [0.15, 0.2) is 5.13 Å². The molecule has 3 heterocycles. The van der Waals surface area contributed by atoms with Crippen molar-refractivity contribution in [3.8, 4) is 0 Å². The van der Waals surface area contributed by atoms with Gasteiger partial charge in [-0.1, -0.05) is 30.4 Å². The van der Waals surface area contributed by atoms with Crippen LogP contribution in [0.5, 0.6) is 0 Å².